The van der Waals surface area contributed by atoms with Gasteiger partial charge in [-0.1, -0.05) is 50.2 Å². The Morgan fingerprint density at radius 2 is 1.68 bits per heavy atom. The Hall–Kier alpha value is -3.58. The molecule has 37 heavy (non-hydrogen) atoms. The van der Waals surface area contributed by atoms with Gasteiger partial charge in [-0.25, -0.2) is 4.79 Å². The highest BCUT2D eigenvalue weighted by atomic mass is 32.1. The van der Waals surface area contributed by atoms with Crippen molar-refractivity contribution in [3.8, 4) is 16.9 Å². The number of anilines is 2. The summed E-state index contributed by atoms with van der Waals surface area (Å²) in [6.45, 7) is 9.68. The molecule has 1 aromatic heterocycles. The van der Waals surface area contributed by atoms with Crippen LogP contribution in [-0.2, 0) is 12.8 Å². The second-order valence-corrected chi connectivity index (χ2v) is 9.98. The molecular formula is C30H36N4O2S. The summed E-state index contributed by atoms with van der Waals surface area (Å²) in [5, 5.41) is 10.6. The lowest BCUT2D eigenvalue weighted by Crippen LogP contribution is -2.31. The third-order valence-corrected chi connectivity index (χ3v) is 7.06. The van der Waals surface area contributed by atoms with Crippen molar-refractivity contribution in [2.24, 2.45) is 0 Å². The zero-order valence-electron chi connectivity index (χ0n) is 22.1. The fourth-order valence-electron chi connectivity index (χ4n) is 4.59. The van der Waals surface area contributed by atoms with Gasteiger partial charge in [0.1, 0.15) is 11.6 Å². The molecule has 0 bridgehead atoms. The van der Waals surface area contributed by atoms with Crippen LogP contribution in [-0.4, -0.2) is 29.6 Å². The number of hydrogen-bond acceptors (Lipinski definition) is 5. The van der Waals surface area contributed by atoms with Crippen LogP contribution in [0.5, 0.6) is 5.75 Å². The van der Waals surface area contributed by atoms with Crippen LogP contribution >= 0.6 is 11.5 Å². The smallest absolute Gasteiger partial charge is 0.319 e. The molecule has 6 nitrogen and oxygen atoms in total. The van der Waals surface area contributed by atoms with E-state index in [1.54, 1.807) is 0 Å². The Labute approximate surface area is 223 Å². The number of urea groups is 1. The highest BCUT2D eigenvalue weighted by Crippen LogP contribution is 2.37. The summed E-state index contributed by atoms with van der Waals surface area (Å²) < 4.78 is 11.7. The van der Waals surface area contributed by atoms with Gasteiger partial charge < -0.3 is 20.7 Å². The molecule has 4 aromatic rings. The number of fused-ring (bicyclic) bond motifs is 1. The predicted molar refractivity (Wildman–Crippen MR) is 156 cm³/mol. The number of carbonyl (C=O) groups excluding carboxylic acids is 1. The summed E-state index contributed by atoms with van der Waals surface area (Å²) in [6.07, 6.45) is 2.58. The Balaban J connectivity index is 1.38. The third-order valence-electron chi connectivity index (χ3n) is 6.24. The van der Waals surface area contributed by atoms with Gasteiger partial charge in [-0.3, -0.25) is 0 Å². The molecule has 2 amide bonds. The predicted octanol–water partition coefficient (Wildman–Crippen LogP) is 7.50. The first-order valence-corrected chi connectivity index (χ1v) is 13.8. The first-order chi connectivity index (χ1) is 18.0. The van der Waals surface area contributed by atoms with Crippen molar-refractivity contribution in [2.45, 2.75) is 53.1 Å². The summed E-state index contributed by atoms with van der Waals surface area (Å²) >= 11 is 1.49. The fourth-order valence-corrected chi connectivity index (χ4v) is 5.35. The maximum atomic E-state index is 12.7. The monoisotopic (exact) mass is 516 g/mol. The minimum atomic E-state index is -0.188. The molecule has 1 heterocycles. The van der Waals surface area contributed by atoms with Crippen molar-refractivity contribution in [1.29, 1.82) is 0 Å². The van der Waals surface area contributed by atoms with Crippen LogP contribution in [0.2, 0.25) is 0 Å². The lowest BCUT2D eigenvalue weighted by molar-refractivity contribution is 0.243. The van der Waals surface area contributed by atoms with Crippen LogP contribution in [0.4, 0.5) is 16.3 Å². The number of rotatable bonds is 11. The van der Waals surface area contributed by atoms with Crippen LogP contribution in [0.15, 0.2) is 60.7 Å². The molecule has 0 saturated carbocycles. The van der Waals surface area contributed by atoms with Gasteiger partial charge in [-0.2, -0.15) is 4.37 Å². The summed E-state index contributed by atoms with van der Waals surface area (Å²) in [5.41, 5.74) is 5.49. The molecule has 0 saturated heterocycles. The van der Waals surface area contributed by atoms with E-state index in [9.17, 15) is 4.79 Å². The van der Waals surface area contributed by atoms with Crippen LogP contribution < -0.4 is 20.7 Å². The van der Waals surface area contributed by atoms with Crippen LogP contribution in [0, 0.1) is 0 Å². The molecule has 0 atom stereocenters. The van der Waals surface area contributed by atoms with Crippen molar-refractivity contribution in [2.75, 3.05) is 23.7 Å². The minimum absolute atomic E-state index is 0.0950. The maximum Gasteiger partial charge on any atom is 0.319 e. The van der Waals surface area contributed by atoms with E-state index >= 15 is 0 Å². The average molecular weight is 517 g/mol. The highest BCUT2D eigenvalue weighted by Gasteiger charge is 2.17. The van der Waals surface area contributed by atoms with Crippen molar-refractivity contribution < 1.29 is 9.53 Å². The number of amides is 2. The van der Waals surface area contributed by atoms with Gasteiger partial charge in [0.25, 0.3) is 0 Å². The van der Waals surface area contributed by atoms with Gasteiger partial charge in [0.15, 0.2) is 0 Å². The number of nitrogens with one attached hydrogen (secondary N) is 3. The van der Waals surface area contributed by atoms with Crippen LogP contribution in [0.3, 0.4) is 0 Å². The Morgan fingerprint density at radius 3 is 2.46 bits per heavy atom. The lowest BCUT2D eigenvalue weighted by atomic mass is 9.91. The molecular weight excluding hydrogens is 480 g/mol. The van der Waals surface area contributed by atoms with Crippen molar-refractivity contribution in [3.05, 3.63) is 71.8 Å². The maximum absolute atomic E-state index is 12.7. The van der Waals surface area contributed by atoms with E-state index in [1.807, 2.05) is 50.2 Å². The minimum Gasteiger partial charge on any atom is -0.490 e. The number of benzene rings is 3. The largest absolute Gasteiger partial charge is 0.490 e. The Kier molecular flexibility index (Phi) is 9.01. The van der Waals surface area contributed by atoms with E-state index in [-0.39, 0.29) is 12.1 Å². The molecule has 0 unspecified atom stereocenters. The number of para-hydroxylation sites is 1. The Morgan fingerprint density at radius 1 is 0.919 bits per heavy atom. The summed E-state index contributed by atoms with van der Waals surface area (Å²) in [7, 11) is 0. The van der Waals surface area contributed by atoms with E-state index in [2.05, 4.69) is 58.4 Å². The Bertz CT molecular complexity index is 1350. The van der Waals surface area contributed by atoms with Gasteiger partial charge in [0, 0.05) is 29.7 Å². The molecule has 0 spiro atoms. The summed E-state index contributed by atoms with van der Waals surface area (Å²) in [4.78, 5) is 12.7. The number of hydrogen-bond donors (Lipinski definition) is 3. The zero-order chi connectivity index (χ0) is 26.2. The first-order valence-electron chi connectivity index (χ1n) is 13.1. The van der Waals surface area contributed by atoms with Gasteiger partial charge in [-0.15, -0.1) is 0 Å². The van der Waals surface area contributed by atoms with Crippen LogP contribution in [0.25, 0.3) is 21.2 Å². The topological polar surface area (TPSA) is 75.3 Å². The molecule has 0 aliphatic rings. The van der Waals surface area contributed by atoms with E-state index < -0.39 is 0 Å². The second-order valence-electron chi connectivity index (χ2n) is 9.18. The number of nitrogens with zero attached hydrogens (tertiary/aromatic N) is 1. The first kappa shape index (κ1) is 26.5. The lowest BCUT2D eigenvalue weighted by Gasteiger charge is -2.20. The number of aromatic nitrogens is 1. The molecule has 0 aliphatic heterocycles. The molecule has 0 radical (unpaired) electrons. The van der Waals surface area contributed by atoms with Crippen LogP contribution in [0.1, 0.15) is 45.2 Å². The number of ether oxygens (including phenoxy) is 1. The standard InChI is InChI=1S/C30H36N4O2S/c1-5-21-22(6-2)26(17-16-23(21)24-12-7-9-14-27(24)36-20(3)4)33-30(35)32-19-11-18-31-29-25-13-8-10-15-28(25)37-34-29/h7-10,12-17,20H,5-6,11,18-19H2,1-4H3,(H,31,34)(H2,32,33,35). The van der Waals surface area contributed by atoms with Crippen molar-refractivity contribution >= 4 is 39.2 Å². The molecule has 7 heteroatoms. The van der Waals surface area contributed by atoms with Gasteiger partial charge in [0.2, 0.25) is 0 Å². The SMILES string of the molecule is CCc1c(NC(=O)NCCCNc2nsc3ccccc23)ccc(-c2ccccc2OC(C)C)c1CC. The zero-order valence-corrected chi connectivity index (χ0v) is 22.9. The van der Waals surface area contributed by atoms with Gasteiger partial charge >= 0.3 is 6.03 Å². The van der Waals surface area contributed by atoms with E-state index in [0.29, 0.717) is 6.54 Å². The molecule has 0 fully saturated rings. The summed E-state index contributed by atoms with van der Waals surface area (Å²) in [6, 6.07) is 20.3. The number of carbonyl (C=O) groups is 1. The molecule has 194 valence electrons. The molecule has 0 aliphatic carbocycles. The van der Waals surface area contributed by atoms with Crippen molar-refractivity contribution in [3.63, 3.8) is 0 Å². The summed E-state index contributed by atoms with van der Waals surface area (Å²) in [5.74, 6) is 1.79. The van der Waals surface area contributed by atoms with Gasteiger partial charge in [-0.05, 0) is 85.6 Å². The fraction of sp³-hybridized carbons (Fsp3) is 0.333. The normalized spacial score (nSPS) is 11.1. The van der Waals surface area contributed by atoms with Crippen molar-refractivity contribution in [1.82, 2.24) is 9.69 Å². The highest BCUT2D eigenvalue weighted by molar-refractivity contribution is 7.13. The second kappa shape index (κ2) is 12.6. The molecule has 3 N–H and O–H groups in total. The van der Waals surface area contributed by atoms with E-state index in [1.165, 1.54) is 21.8 Å². The molecule has 3 aromatic carbocycles. The average Bonchev–Trinajstić information content (AvgIpc) is 3.31. The quantitative estimate of drug-likeness (QED) is 0.180. The van der Waals surface area contributed by atoms with E-state index in [4.69, 9.17) is 4.74 Å². The van der Waals surface area contributed by atoms with Gasteiger partial charge in [0.05, 0.1) is 10.8 Å². The van der Waals surface area contributed by atoms with E-state index in [0.717, 1.165) is 65.1 Å². The molecule has 4 rings (SSSR count). The third kappa shape index (κ3) is 6.41.